The third kappa shape index (κ3) is 3.09. The highest BCUT2D eigenvalue weighted by atomic mass is 16.5. The Hall–Kier alpha value is -2.05. The first kappa shape index (κ1) is 14.4. The van der Waals surface area contributed by atoms with Gasteiger partial charge < -0.3 is 19.8 Å². The van der Waals surface area contributed by atoms with Crippen molar-refractivity contribution < 1.29 is 19.2 Å². The van der Waals surface area contributed by atoms with E-state index in [-0.39, 0.29) is 24.7 Å². The molecule has 1 aromatic heterocycles. The highest BCUT2D eigenvalue weighted by Crippen LogP contribution is 2.27. The van der Waals surface area contributed by atoms with Gasteiger partial charge in [-0.2, -0.15) is 0 Å². The van der Waals surface area contributed by atoms with Crippen LogP contribution >= 0.6 is 0 Å². The molecule has 7 nitrogen and oxygen atoms in total. The fourth-order valence-corrected chi connectivity index (χ4v) is 2.35. The number of carboxylic acids is 1. The van der Waals surface area contributed by atoms with Crippen molar-refractivity contribution in [2.45, 2.75) is 45.7 Å². The number of carbonyl (C=O) groups excluding carboxylic acids is 1. The molecule has 1 unspecified atom stereocenters. The molecule has 0 saturated heterocycles. The van der Waals surface area contributed by atoms with E-state index in [1.807, 2.05) is 13.8 Å². The van der Waals surface area contributed by atoms with Crippen LogP contribution in [0.5, 0.6) is 0 Å². The van der Waals surface area contributed by atoms with Crippen LogP contribution in [-0.2, 0) is 4.79 Å². The summed E-state index contributed by atoms with van der Waals surface area (Å²) < 4.78 is 5.07. The Bertz CT molecular complexity index is 502. The van der Waals surface area contributed by atoms with Crippen LogP contribution < -0.4 is 5.32 Å². The van der Waals surface area contributed by atoms with Crippen LogP contribution in [0.3, 0.4) is 0 Å². The summed E-state index contributed by atoms with van der Waals surface area (Å²) in [6.07, 6.45) is 1.72. The average molecular weight is 281 g/mol. The van der Waals surface area contributed by atoms with Crippen molar-refractivity contribution in [2.24, 2.45) is 0 Å². The van der Waals surface area contributed by atoms with Gasteiger partial charge in [0.15, 0.2) is 0 Å². The number of hydrogen-bond acceptors (Lipinski definition) is 4. The smallest absolute Gasteiger partial charge is 0.323 e. The number of carbonyl (C=O) groups is 2. The van der Waals surface area contributed by atoms with Crippen molar-refractivity contribution in [1.82, 2.24) is 15.4 Å². The quantitative estimate of drug-likeness (QED) is 0.854. The number of hydrogen-bond donors (Lipinski definition) is 2. The minimum atomic E-state index is -1.00. The predicted molar refractivity (Wildman–Crippen MR) is 70.3 cm³/mol. The van der Waals surface area contributed by atoms with Crippen LogP contribution in [-0.4, -0.2) is 39.8 Å². The molecule has 0 radical (unpaired) electrons. The van der Waals surface area contributed by atoms with Crippen LogP contribution in [0.4, 0.5) is 4.79 Å². The Kier molecular flexibility index (Phi) is 3.96. The van der Waals surface area contributed by atoms with E-state index in [4.69, 9.17) is 9.63 Å². The van der Waals surface area contributed by atoms with E-state index < -0.39 is 5.97 Å². The van der Waals surface area contributed by atoms with Crippen molar-refractivity contribution in [1.29, 1.82) is 0 Å². The van der Waals surface area contributed by atoms with Gasteiger partial charge in [0.1, 0.15) is 12.3 Å². The highest BCUT2D eigenvalue weighted by Gasteiger charge is 2.34. The monoisotopic (exact) mass is 281 g/mol. The van der Waals surface area contributed by atoms with Gasteiger partial charge in [-0.1, -0.05) is 5.16 Å². The van der Waals surface area contributed by atoms with Gasteiger partial charge in [-0.05, 0) is 33.6 Å². The zero-order chi connectivity index (χ0) is 14.9. The molecule has 1 saturated carbocycles. The Labute approximate surface area is 116 Å². The molecule has 2 rings (SSSR count). The third-order valence-corrected chi connectivity index (χ3v) is 3.42. The minimum Gasteiger partial charge on any atom is -0.480 e. The topological polar surface area (TPSA) is 95.7 Å². The van der Waals surface area contributed by atoms with Crippen molar-refractivity contribution in [3.8, 4) is 0 Å². The van der Waals surface area contributed by atoms with Gasteiger partial charge in [0.25, 0.3) is 0 Å². The molecule has 1 aromatic rings. The number of aromatic nitrogens is 1. The van der Waals surface area contributed by atoms with Crippen molar-refractivity contribution in [3.05, 3.63) is 17.0 Å². The zero-order valence-electron chi connectivity index (χ0n) is 11.8. The first-order valence-corrected chi connectivity index (χ1v) is 6.61. The fourth-order valence-electron chi connectivity index (χ4n) is 2.35. The standard InChI is InChI=1S/C13H19N3O4/c1-7(12-8(2)15-20-9(12)3)14-13(19)16(6-11(17)18)10-4-5-10/h7,10H,4-6H2,1-3H3,(H,14,19)(H,17,18). The molecular formula is C13H19N3O4. The first-order chi connectivity index (χ1) is 9.40. The molecule has 110 valence electrons. The molecule has 1 aliphatic carbocycles. The van der Waals surface area contributed by atoms with E-state index in [9.17, 15) is 9.59 Å². The second-order valence-corrected chi connectivity index (χ2v) is 5.16. The molecule has 0 bridgehead atoms. The lowest BCUT2D eigenvalue weighted by Gasteiger charge is -2.23. The largest absolute Gasteiger partial charge is 0.480 e. The van der Waals surface area contributed by atoms with Crippen molar-refractivity contribution in [3.63, 3.8) is 0 Å². The maximum Gasteiger partial charge on any atom is 0.323 e. The van der Waals surface area contributed by atoms with E-state index in [2.05, 4.69) is 10.5 Å². The molecule has 1 aliphatic rings. The Morgan fingerprint density at radius 3 is 2.60 bits per heavy atom. The second-order valence-electron chi connectivity index (χ2n) is 5.16. The number of nitrogens with zero attached hydrogens (tertiary/aromatic N) is 2. The predicted octanol–water partition coefficient (Wildman–Crippen LogP) is 1.61. The van der Waals surface area contributed by atoms with E-state index in [0.717, 1.165) is 24.1 Å². The molecule has 20 heavy (non-hydrogen) atoms. The SMILES string of the molecule is Cc1noc(C)c1C(C)NC(=O)N(CC(=O)O)C1CC1. The maximum absolute atomic E-state index is 12.2. The summed E-state index contributed by atoms with van der Waals surface area (Å²) in [4.78, 5) is 24.4. The van der Waals surface area contributed by atoms with Crippen molar-refractivity contribution >= 4 is 12.0 Å². The molecule has 2 amide bonds. The summed E-state index contributed by atoms with van der Waals surface area (Å²) in [7, 11) is 0. The molecule has 2 N–H and O–H groups in total. The number of carboxylic acid groups (broad SMARTS) is 1. The van der Waals surface area contributed by atoms with Gasteiger partial charge >= 0.3 is 12.0 Å². The number of urea groups is 1. The van der Waals surface area contributed by atoms with Gasteiger partial charge in [-0.15, -0.1) is 0 Å². The third-order valence-electron chi connectivity index (χ3n) is 3.42. The summed E-state index contributed by atoms with van der Waals surface area (Å²) >= 11 is 0. The van der Waals surface area contributed by atoms with Crippen LogP contribution in [0, 0.1) is 13.8 Å². The molecule has 1 heterocycles. The lowest BCUT2D eigenvalue weighted by atomic mass is 10.1. The lowest BCUT2D eigenvalue weighted by Crippen LogP contribution is -2.45. The number of rotatable bonds is 5. The van der Waals surface area contributed by atoms with Crippen LogP contribution in [0.25, 0.3) is 0 Å². The number of nitrogens with one attached hydrogen (secondary N) is 1. The highest BCUT2D eigenvalue weighted by molar-refractivity contribution is 5.81. The van der Waals surface area contributed by atoms with Crippen LogP contribution in [0.15, 0.2) is 4.52 Å². The van der Waals surface area contributed by atoms with Gasteiger partial charge in [0, 0.05) is 11.6 Å². The Balaban J connectivity index is 2.04. The summed E-state index contributed by atoms with van der Waals surface area (Å²) in [5.74, 6) is -0.344. The van der Waals surface area contributed by atoms with E-state index in [1.165, 1.54) is 4.90 Å². The van der Waals surface area contributed by atoms with Gasteiger partial charge in [0.05, 0.1) is 11.7 Å². The number of amides is 2. The Morgan fingerprint density at radius 2 is 2.15 bits per heavy atom. The van der Waals surface area contributed by atoms with E-state index in [0.29, 0.717) is 5.76 Å². The van der Waals surface area contributed by atoms with Gasteiger partial charge in [-0.3, -0.25) is 4.79 Å². The summed E-state index contributed by atoms with van der Waals surface area (Å²) in [5, 5.41) is 15.5. The number of aryl methyl sites for hydroxylation is 2. The van der Waals surface area contributed by atoms with E-state index in [1.54, 1.807) is 6.92 Å². The molecule has 0 spiro atoms. The van der Waals surface area contributed by atoms with Gasteiger partial charge in [0.2, 0.25) is 0 Å². The molecule has 1 fully saturated rings. The first-order valence-electron chi connectivity index (χ1n) is 6.61. The zero-order valence-corrected chi connectivity index (χ0v) is 11.8. The molecule has 0 aliphatic heterocycles. The average Bonchev–Trinajstić information content (AvgIpc) is 3.12. The fraction of sp³-hybridized carbons (Fsp3) is 0.615. The summed E-state index contributed by atoms with van der Waals surface area (Å²) in [6.45, 7) is 5.15. The van der Waals surface area contributed by atoms with Crippen LogP contribution in [0.2, 0.25) is 0 Å². The molecule has 7 heteroatoms. The minimum absolute atomic E-state index is 0.0444. The molecular weight excluding hydrogens is 262 g/mol. The normalized spacial score (nSPS) is 15.8. The van der Waals surface area contributed by atoms with Gasteiger partial charge in [-0.25, -0.2) is 4.79 Å². The van der Waals surface area contributed by atoms with Crippen LogP contribution in [0.1, 0.15) is 42.8 Å². The summed E-state index contributed by atoms with van der Waals surface area (Å²) in [5.41, 5.74) is 1.57. The molecule has 0 aromatic carbocycles. The lowest BCUT2D eigenvalue weighted by molar-refractivity contribution is -0.137. The summed E-state index contributed by atoms with van der Waals surface area (Å²) in [6, 6.07) is -0.589. The second kappa shape index (κ2) is 5.52. The molecule has 1 atom stereocenters. The number of aliphatic carboxylic acids is 1. The maximum atomic E-state index is 12.2. The van der Waals surface area contributed by atoms with E-state index >= 15 is 0 Å². The Morgan fingerprint density at radius 1 is 1.50 bits per heavy atom. The van der Waals surface area contributed by atoms with Crippen molar-refractivity contribution in [2.75, 3.05) is 6.54 Å².